The van der Waals surface area contributed by atoms with Crippen LogP contribution in [0.2, 0.25) is 0 Å². The fraction of sp³-hybridized carbons (Fsp3) is 0.286. The lowest BCUT2D eigenvalue weighted by atomic mass is 10.0. The van der Waals surface area contributed by atoms with Gasteiger partial charge in [0.1, 0.15) is 0 Å². The Kier molecular flexibility index (Phi) is 4.52. The molecule has 5 nitrogen and oxygen atoms in total. The number of aryl methyl sites for hydroxylation is 1. The summed E-state index contributed by atoms with van der Waals surface area (Å²) in [7, 11) is 0. The van der Waals surface area contributed by atoms with E-state index in [0.717, 1.165) is 48.6 Å². The van der Waals surface area contributed by atoms with Crippen LogP contribution in [0.1, 0.15) is 11.3 Å². The quantitative estimate of drug-likeness (QED) is 0.732. The molecule has 1 aliphatic heterocycles. The Balaban J connectivity index is 1.41. The number of carbonyl (C=O) groups is 1. The number of hydrogen-bond donors (Lipinski definition) is 0. The zero-order chi connectivity index (χ0) is 17.9. The summed E-state index contributed by atoms with van der Waals surface area (Å²) in [5.41, 5.74) is 2.01. The van der Waals surface area contributed by atoms with E-state index in [0.29, 0.717) is 6.42 Å². The number of nitrogens with zero attached hydrogens (tertiary/aromatic N) is 4. The molecule has 5 heteroatoms. The van der Waals surface area contributed by atoms with E-state index in [2.05, 4.69) is 39.4 Å². The van der Waals surface area contributed by atoms with Crippen molar-refractivity contribution in [3.63, 3.8) is 0 Å². The number of piperazine rings is 1. The molecule has 1 fully saturated rings. The van der Waals surface area contributed by atoms with Gasteiger partial charge in [0.25, 0.3) is 0 Å². The van der Waals surface area contributed by atoms with Gasteiger partial charge in [-0.3, -0.25) is 4.79 Å². The Morgan fingerprint density at radius 2 is 1.69 bits per heavy atom. The third kappa shape index (κ3) is 3.38. The van der Waals surface area contributed by atoms with Crippen molar-refractivity contribution in [1.29, 1.82) is 0 Å². The summed E-state index contributed by atoms with van der Waals surface area (Å²) in [5, 5.41) is 10.7. The van der Waals surface area contributed by atoms with Gasteiger partial charge < -0.3 is 9.80 Å². The molecule has 2 heterocycles. The Morgan fingerprint density at radius 1 is 0.923 bits per heavy atom. The maximum Gasteiger partial charge on any atom is 0.227 e. The molecule has 0 unspecified atom stereocenters. The molecule has 1 aromatic heterocycles. The van der Waals surface area contributed by atoms with Crippen LogP contribution in [0.25, 0.3) is 10.8 Å². The first kappa shape index (κ1) is 16.5. The normalized spacial score (nSPS) is 14.7. The molecule has 2 aromatic carbocycles. The van der Waals surface area contributed by atoms with Gasteiger partial charge in [-0.15, -0.1) is 5.10 Å². The van der Waals surface area contributed by atoms with Crippen molar-refractivity contribution >= 4 is 22.5 Å². The molecule has 1 saturated heterocycles. The Morgan fingerprint density at radius 3 is 2.46 bits per heavy atom. The van der Waals surface area contributed by atoms with E-state index in [4.69, 9.17) is 0 Å². The van der Waals surface area contributed by atoms with E-state index in [1.165, 1.54) is 5.39 Å². The highest BCUT2D eigenvalue weighted by Gasteiger charge is 2.22. The minimum atomic E-state index is 0.191. The lowest BCUT2D eigenvalue weighted by Gasteiger charge is -2.35. The summed E-state index contributed by atoms with van der Waals surface area (Å²) in [4.78, 5) is 16.9. The second-order valence-electron chi connectivity index (χ2n) is 6.72. The van der Waals surface area contributed by atoms with E-state index in [1.807, 2.05) is 42.2 Å². The number of benzene rings is 2. The SMILES string of the molecule is Cc1ccc(N2CCN(C(=O)Cc3cccc4ccccc34)CC2)nn1. The van der Waals surface area contributed by atoms with E-state index < -0.39 is 0 Å². The molecule has 1 aliphatic rings. The van der Waals surface area contributed by atoms with Crippen molar-refractivity contribution in [3.8, 4) is 0 Å². The molecule has 0 atom stereocenters. The molecule has 0 N–H and O–H groups in total. The maximum atomic E-state index is 12.8. The van der Waals surface area contributed by atoms with E-state index in [-0.39, 0.29) is 5.91 Å². The first-order chi connectivity index (χ1) is 12.7. The number of rotatable bonds is 3. The standard InChI is InChI=1S/C21H22N4O/c1-16-9-10-20(23-22-16)24-11-13-25(14-12-24)21(26)15-18-7-4-6-17-5-2-3-8-19(17)18/h2-10H,11-15H2,1H3. The van der Waals surface area contributed by atoms with Gasteiger partial charge in [-0.2, -0.15) is 5.10 Å². The molecule has 26 heavy (non-hydrogen) atoms. The molecule has 132 valence electrons. The largest absolute Gasteiger partial charge is 0.352 e. The summed E-state index contributed by atoms with van der Waals surface area (Å²) in [6.45, 7) is 4.96. The minimum absolute atomic E-state index is 0.191. The molecule has 0 bridgehead atoms. The topological polar surface area (TPSA) is 49.3 Å². The van der Waals surface area contributed by atoms with Crippen molar-refractivity contribution < 1.29 is 4.79 Å². The number of hydrogen-bond acceptors (Lipinski definition) is 4. The van der Waals surface area contributed by atoms with Crippen LogP contribution in [0.15, 0.2) is 54.6 Å². The summed E-state index contributed by atoms with van der Waals surface area (Å²) < 4.78 is 0. The summed E-state index contributed by atoms with van der Waals surface area (Å²) >= 11 is 0. The molecule has 1 amide bonds. The molecular weight excluding hydrogens is 324 g/mol. The highest BCUT2D eigenvalue weighted by Crippen LogP contribution is 2.20. The van der Waals surface area contributed by atoms with Gasteiger partial charge in [0.2, 0.25) is 5.91 Å². The fourth-order valence-electron chi connectivity index (χ4n) is 3.47. The van der Waals surface area contributed by atoms with Crippen LogP contribution >= 0.6 is 0 Å². The van der Waals surface area contributed by atoms with Crippen LogP contribution in [-0.2, 0) is 11.2 Å². The third-order valence-electron chi connectivity index (χ3n) is 4.96. The lowest BCUT2D eigenvalue weighted by molar-refractivity contribution is -0.130. The smallest absolute Gasteiger partial charge is 0.227 e. The Labute approximate surface area is 153 Å². The Bertz CT molecular complexity index is 909. The number of anilines is 1. The van der Waals surface area contributed by atoms with Crippen LogP contribution < -0.4 is 4.90 Å². The van der Waals surface area contributed by atoms with Gasteiger partial charge in [0, 0.05) is 26.2 Å². The van der Waals surface area contributed by atoms with Crippen molar-refractivity contribution in [2.45, 2.75) is 13.3 Å². The van der Waals surface area contributed by atoms with Gasteiger partial charge in [-0.05, 0) is 35.4 Å². The Hall–Kier alpha value is -2.95. The van der Waals surface area contributed by atoms with Crippen molar-refractivity contribution in [1.82, 2.24) is 15.1 Å². The van der Waals surface area contributed by atoms with Gasteiger partial charge in [0.15, 0.2) is 5.82 Å². The van der Waals surface area contributed by atoms with E-state index in [9.17, 15) is 4.79 Å². The zero-order valence-electron chi connectivity index (χ0n) is 14.9. The lowest BCUT2D eigenvalue weighted by Crippen LogP contribution is -2.49. The second-order valence-corrected chi connectivity index (χ2v) is 6.72. The van der Waals surface area contributed by atoms with E-state index >= 15 is 0 Å². The number of fused-ring (bicyclic) bond motifs is 1. The average Bonchev–Trinajstić information content (AvgIpc) is 2.69. The van der Waals surface area contributed by atoms with Crippen molar-refractivity contribution in [3.05, 3.63) is 65.9 Å². The minimum Gasteiger partial charge on any atom is -0.352 e. The number of amides is 1. The predicted octanol–water partition coefficient (Wildman–Crippen LogP) is 2.83. The third-order valence-corrected chi connectivity index (χ3v) is 4.96. The maximum absolute atomic E-state index is 12.8. The first-order valence-electron chi connectivity index (χ1n) is 9.00. The predicted molar refractivity (Wildman–Crippen MR) is 103 cm³/mol. The molecular formula is C21H22N4O. The van der Waals surface area contributed by atoms with Crippen LogP contribution in [0.3, 0.4) is 0 Å². The molecule has 4 rings (SSSR count). The van der Waals surface area contributed by atoms with Gasteiger partial charge in [0.05, 0.1) is 12.1 Å². The number of aromatic nitrogens is 2. The molecule has 0 aliphatic carbocycles. The fourth-order valence-corrected chi connectivity index (χ4v) is 3.47. The van der Waals surface area contributed by atoms with Crippen LogP contribution in [0.4, 0.5) is 5.82 Å². The average molecular weight is 346 g/mol. The highest BCUT2D eigenvalue weighted by molar-refractivity contribution is 5.90. The highest BCUT2D eigenvalue weighted by atomic mass is 16.2. The van der Waals surface area contributed by atoms with Gasteiger partial charge in [-0.1, -0.05) is 42.5 Å². The monoisotopic (exact) mass is 346 g/mol. The first-order valence-corrected chi connectivity index (χ1v) is 9.00. The summed E-state index contributed by atoms with van der Waals surface area (Å²) in [5.74, 6) is 1.08. The molecule has 0 saturated carbocycles. The van der Waals surface area contributed by atoms with Gasteiger partial charge in [-0.25, -0.2) is 0 Å². The summed E-state index contributed by atoms with van der Waals surface area (Å²) in [6.07, 6.45) is 0.450. The van der Waals surface area contributed by atoms with Crippen LogP contribution in [0.5, 0.6) is 0 Å². The van der Waals surface area contributed by atoms with Crippen molar-refractivity contribution in [2.75, 3.05) is 31.1 Å². The van der Waals surface area contributed by atoms with Crippen molar-refractivity contribution in [2.24, 2.45) is 0 Å². The van der Waals surface area contributed by atoms with Crippen LogP contribution in [0, 0.1) is 6.92 Å². The molecule has 0 radical (unpaired) electrons. The van der Waals surface area contributed by atoms with Crippen LogP contribution in [-0.4, -0.2) is 47.2 Å². The zero-order valence-corrected chi connectivity index (χ0v) is 14.9. The summed E-state index contributed by atoms with van der Waals surface area (Å²) in [6, 6.07) is 18.4. The molecule has 0 spiro atoms. The second kappa shape index (κ2) is 7.12. The number of carbonyl (C=O) groups excluding carboxylic acids is 1. The van der Waals surface area contributed by atoms with E-state index in [1.54, 1.807) is 0 Å². The molecule has 3 aromatic rings. The van der Waals surface area contributed by atoms with Gasteiger partial charge >= 0.3 is 0 Å².